The Hall–Kier alpha value is -1.14. The van der Waals surface area contributed by atoms with E-state index in [4.69, 9.17) is 2.81 Å². The molecule has 28 heavy (non-hydrogen) atoms. The van der Waals surface area contributed by atoms with Gasteiger partial charge in [0.25, 0.3) is 0 Å². The normalized spacial score (nSPS) is 17.6. The van der Waals surface area contributed by atoms with Crippen LogP contribution in [0.2, 0.25) is 0 Å². The van der Waals surface area contributed by atoms with Gasteiger partial charge >= 0.3 is 168 Å². The molecule has 1 heterocycles. The molecule has 1 nitrogen and oxygen atoms in total. The fourth-order valence-electron chi connectivity index (χ4n) is 3.14. The molecule has 1 aliphatic rings. The molecule has 0 aromatic heterocycles. The van der Waals surface area contributed by atoms with Crippen LogP contribution in [0.3, 0.4) is 0 Å². The zero-order chi connectivity index (χ0) is 21.1. The Balaban J connectivity index is 2.31. The summed E-state index contributed by atoms with van der Waals surface area (Å²) in [6, 6.07) is 10.3. The Bertz CT molecular complexity index is 864. The van der Waals surface area contributed by atoms with Gasteiger partial charge in [-0.25, -0.2) is 0 Å². The molecule has 0 N–H and O–H groups in total. The molecule has 0 radical (unpaired) electrons. The monoisotopic (exact) mass is 598 g/mol. The third-order valence-corrected chi connectivity index (χ3v) is 12.7. The fraction of sp³-hybridized carbons (Fsp3) is 0.400. The summed E-state index contributed by atoms with van der Waals surface area (Å²) in [6.07, 6.45) is -11.2. The number of hydrogen-bond acceptors (Lipinski definition) is 1. The molecule has 2 aromatic rings. The van der Waals surface area contributed by atoms with Gasteiger partial charge in [0.1, 0.15) is 0 Å². The van der Waals surface area contributed by atoms with Crippen LogP contribution >= 0.6 is 0 Å². The molecule has 0 fully saturated rings. The molecule has 0 aliphatic carbocycles. The van der Waals surface area contributed by atoms with Gasteiger partial charge in [0, 0.05) is 0 Å². The molecule has 0 bridgehead atoms. The van der Waals surface area contributed by atoms with Crippen molar-refractivity contribution in [1.29, 1.82) is 0 Å². The zero-order valence-corrected chi connectivity index (χ0v) is 19.1. The fourth-order valence-corrected chi connectivity index (χ4v) is 11.6. The summed E-state index contributed by atoms with van der Waals surface area (Å²) in [6.45, 7) is 7.39. The molecule has 2 aromatic carbocycles. The Morgan fingerprint density at radius 1 is 0.821 bits per heavy atom. The van der Waals surface area contributed by atoms with Crippen LogP contribution in [0, 0.1) is 6.92 Å². The molecule has 152 valence electrons. The van der Waals surface area contributed by atoms with Gasteiger partial charge < -0.3 is 0 Å². The number of halogens is 6. The predicted molar refractivity (Wildman–Crippen MR) is 96.2 cm³/mol. The minimum absolute atomic E-state index is 0.0981. The molecular formula is C20H19BiF6O. The van der Waals surface area contributed by atoms with E-state index in [1.54, 1.807) is 31.2 Å². The van der Waals surface area contributed by atoms with E-state index >= 15 is 0 Å². The average molecular weight is 598 g/mol. The van der Waals surface area contributed by atoms with Gasteiger partial charge in [0.15, 0.2) is 0 Å². The van der Waals surface area contributed by atoms with Gasteiger partial charge in [-0.2, -0.15) is 0 Å². The second-order valence-corrected chi connectivity index (χ2v) is 14.8. The van der Waals surface area contributed by atoms with Crippen LogP contribution in [0.25, 0.3) is 0 Å². The van der Waals surface area contributed by atoms with E-state index in [9.17, 15) is 26.3 Å². The van der Waals surface area contributed by atoms with E-state index < -0.39 is 51.1 Å². The maximum absolute atomic E-state index is 13.9. The van der Waals surface area contributed by atoms with E-state index in [0.717, 1.165) is 11.6 Å². The van der Waals surface area contributed by atoms with Gasteiger partial charge in [-0.05, 0) is 0 Å². The van der Waals surface area contributed by atoms with Crippen LogP contribution in [0.15, 0.2) is 42.5 Å². The molecule has 1 aliphatic heterocycles. The molecule has 3 rings (SSSR count). The van der Waals surface area contributed by atoms with Crippen molar-refractivity contribution >= 4 is 28.7 Å². The van der Waals surface area contributed by atoms with Crippen LogP contribution in [-0.4, -0.2) is 34.5 Å². The van der Waals surface area contributed by atoms with Gasteiger partial charge in [-0.15, -0.1) is 0 Å². The van der Waals surface area contributed by atoms with Gasteiger partial charge in [-0.1, -0.05) is 0 Å². The van der Waals surface area contributed by atoms with E-state index in [1.165, 1.54) is 12.1 Å². The van der Waals surface area contributed by atoms with Crippen LogP contribution in [-0.2, 0) is 13.8 Å². The molecule has 0 atom stereocenters. The summed E-state index contributed by atoms with van der Waals surface area (Å²) >= 11 is -4.04. The minimum atomic E-state index is -5.61. The summed E-state index contributed by atoms with van der Waals surface area (Å²) in [7, 11) is 0. The first-order valence-corrected chi connectivity index (χ1v) is 13.4. The van der Waals surface area contributed by atoms with Crippen LogP contribution in [0.5, 0.6) is 0 Å². The number of hydrogen-bond donors (Lipinski definition) is 0. The van der Waals surface area contributed by atoms with Gasteiger partial charge in [0.05, 0.1) is 0 Å². The second kappa shape index (κ2) is 6.70. The molecule has 0 amide bonds. The van der Waals surface area contributed by atoms with Crippen LogP contribution in [0.4, 0.5) is 26.3 Å². The summed E-state index contributed by atoms with van der Waals surface area (Å²) in [5, 5.41) is 0. The number of rotatable bonds is 1. The van der Waals surface area contributed by atoms with Crippen molar-refractivity contribution in [3.05, 3.63) is 59.2 Å². The second-order valence-electron chi connectivity index (χ2n) is 7.88. The molecule has 8 heteroatoms. The Morgan fingerprint density at radius 3 is 1.82 bits per heavy atom. The predicted octanol–water partition coefficient (Wildman–Crippen LogP) is 4.75. The number of aryl methyl sites for hydroxylation is 1. The standard InChI is InChI=1S/C13H12F6O.C7H7.Bi/c1-10(2,3)8-4-6-9(7-5-8)11(20,12(14,15)16)13(17,18)19;1-7-5-3-2-4-6-7;/h4-6H,1-3H3;3-6H,1H3;/q-1;;+1. The van der Waals surface area contributed by atoms with Crippen molar-refractivity contribution in [2.75, 3.05) is 0 Å². The van der Waals surface area contributed by atoms with Crippen molar-refractivity contribution in [2.24, 2.45) is 0 Å². The van der Waals surface area contributed by atoms with Crippen molar-refractivity contribution in [3.8, 4) is 0 Å². The molecule has 0 spiro atoms. The SMILES string of the molecule is Cc1cc[c]([Bi]2[O]C(C(F)(F)F)(C(F)(F)F)c3ccc(C(C)(C)C)c[c]32)cc1. The first-order valence-electron chi connectivity index (χ1n) is 8.53. The first-order chi connectivity index (χ1) is 12.7. The zero-order valence-electron chi connectivity index (χ0n) is 15.7. The Kier molecular flexibility index (Phi) is 5.16. The van der Waals surface area contributed by atoms with Gasteiger partial charge in [-0.3, -0.25) is 0 Å². The summed E-state index contributed by atoms with van der Waals surface area (Å²) in [4.78, 5) is 0. The quantitative estimate of drug-likeness (QED) is 0.341. The number of benzene rings is 2. The molecule has 0 unspecified atom stereocenters. The average Bonchev–Trinajstić information content (AvgIpc) is 2.90. The molecular weight excluding hydrogens is 579 g/mol. The molecule has 0 saturated carbocycles. The van der Waals surface area contributed by atoms with E-state index in [1.807, 2.05) is 20.8 Å². The topological polar surface area (TPSA) is 9.23 Å². The summed E-state index contributed by atoms with van der Waals surface area (Å²) in [5.41, 5.74) is -3.94. The van der Waals surface area contributed by atoms with Crippen molar-refractivity contribution in [2.45, 2.75) is 51.1 Å². The third-order valence-electron chi connectivity index (χ3n) is 4.76. The van der Waals surface area contributed by atoms with Crippen LogP contribution < -0.4 is 6.54 Å². The van der Waals surface area contributed by atoms with Crippen LogP contribution in [0.1, 0.15) is 37.5 Å². The third kappa shape index (κ3) is 3.37. The number of alkyl halides is 6. The Morgan fingerprint density at radius 2 is 1.36 bits per heavy atom. The van der Waals surface area contributed by atoms with E-state index in [-0.39, 0.29) is 3.27 Å². The Labute approximate surface area is 168 Å². The molecule has 0 saturated heterocycles. The van der Waals surface area contributed by atoms with Crippen molar-refractivity contribution < 1.29 is 29.2 Å². The summed E-state index contributed by atoms with van der Waals surface area (Å²) in [5.74, 6) is 0. The van der Waals surface area contributed by atoms with E-state index in [0.29, 0.717) is 8.83 Å². The van der Waals surface area contributed by atoms with Gasteiger partial charge in [0.2, 0.25) is 0 Å². The van der Waals surface area contributed by atoms with Crippen molar-refractivity contribution in [3.63, 3.8) is 0 Å². The van der Waals surface area contributed by atoms with Crippen molar-refractivity contribution in [1.82, 2.24) is 0 Å². The van der Waals surface area contributed by atoms with E-state index in [2.05, 4.69) is 0 Å². The maximum atomic E-state index is 13.9. The first kappa shape index (κ1) is 21.6. The summed E-state index contributed by atoms with van der Waals surface area (Å²) < 4.78 is 88.8. The number of fused-ring (bicyclic) bond motifs is 1.